The lowest BCUT2D eigenvalue weighted by molar-refractivity contribution is 0.167. The Morgan fingerprint density at radius 1 is 1.43 bits per heavy atom. The van der Waals surface area contributed by atoms with Gasteiger partial charge >= 0.3 is 0 Å². The van der Waals surface area contributed by atoms with E-state index in [4.69, 9.17) is 11.6 Å². The lowest BCUT2D eigenvalue weighted by atomic mass is 9.67. The number of aromatic nitrogens is 2. The van der Waals surface area contributed by atoms with Gasteiger partial charge < -0.3 is 5.32 Å². The van der Waals surface area contributed by atoms with Crippen molar-refractivity contribution < 1.29 is 0 Å². The molecule has 0 saturated heterocycles. The number of rotatable bonds is 2. The summed E-state index contributed by atoms with van der Waals surface area (Å²) in [6, 6.07) is 2.19. The Morgan fingerprint density at radius 3 is 2.57 bits per heavy atom. The van der Waals surface area contributed by atoms with Crippen LogP contribution in [0.4, 0.5) is 5.95 Å². The van der Waals surface area contributed by atoms with Gasteiger partial charge in [0.15, 0.2) is 0 Å². The molecule has 1 aromatic rings. The molecule has 1 N–H and O–H groups in total. The smallest absolute Gasteiger partial charge is 0.222 e. The highest BCUT2D eigenvalue weighted by Crippen LogP contribution is 2.45. The maximum Gasteiger partial charge on any atom is 0.222 e. The van der Waals surface area contributed by atoms with Crippen molar-refractivity contribution in [2.75, 3.05) is 5.32 Å². The first kappa shape index (κ1) is 9.71. The molecule has 2 unspecified atom stereocenters. The Kier molecular flexibility index (Phi) is 2.35. The topological polar surface area (TPSA) is 37.8 Å². The highest BCUT2D eigenvalue weighted by atomic mass is 35.5. The molecule has 0 amide bonds. The minimum Gasteiger partial charge on any atom is -0.351 e. The second-order valence-electron chi connectivity index (χ2n) is 4.29. The largest absolute Gasteiger partial charge is 0.351 e. The zero-order chi connectivity index (χ0) is 10.2. The first-order chi connectivity index (χ1) is 6.60. The molecule has 4 heteroatoms. The minimum absolute atomic E-state index is 0.126. The zero-order valence-electron chi connectivity index (χ0n) is 8.37. The molecule has 14 heavy (non-hydrogen) atoms. The molecule has 0 spiro atoms. The van der Waals surface area contributed by atoms with Crippen LogP contribution in [0, 0.1) is 5.41 Å². The first-order valence-electron chi connectivity index (χ1n) is 4.78. The molecular formula is C10H14ClN3. The summed E-state index contributed by atoms with van der Waals surface area (Å²) >= 11 is 6.12. The van der Waals surface area contributed by atoms with Gasteiger partial charge in [-0.25, -0.2) is 9.97 Å². The molecule has 1 fully saturated rings. The van der Waals surface area contributed by atoms with E-state index in [0.29, 0.717) is 12.0 Å². The lowest BCUT2D eigenvalue weighted by Crippen LogP contribution is -2.54. The van der Waals surface area contributed by atoms with E-state index in [-0.39, 0.29) is 10.8 Å². The number of nitrogens with one attached hydrogen (secondary N) is 1. The van der Waals surface area contributed by atoms with E-state index in [1.165, 1.54) is 0 Å². The third-order valence-electron chi connectivity index (χ3n) is 3.02. The van der Waals surface area contributed by atoms with Crippen LogP contribution in [0.5, 0.6) is 0 Å². The summed E-state index contributed by atoms with van der Waals surface area (Å²) in [6.45, 7) is 4.32. The predicted molar refractivity (Wildman–Crippen MR) is 57.5 cm³/mol. The van der Waals surface area contributed by atoms with Gasteiger partial charge in [-0.3, -0.25) is 0 Å². The molecule has 2 rings (SSSR count). The number of anilines is 1. The third-order valence-corrected chi connectivity index (χ3v) is 3.76. The van der Waals surface area contributed by atoms with Crippen LogP contribution in [0.25, 0.3) is 0 Å². The predicted octanol–water partition coefficient (Wildman–Crippen LogP) is 2.29. The second-order valence-corrected chi connectivity index (χ2v) is 4.82. The highest BCUT2D eigenvalue weighted by molar-refractivity contribution is 6.21. The van der Waals surface area contributed by atoms with Crippen molar-refractivity contribution in [3.8, 4) is 0 Å². The van der Waals surface area contributed by atoms with Crippen LogP contribution in [0.1, 0.15) is 20.3 Å². The van der Waals surface area contributed by atoms with Crippen molar-refractivity contribution in [3.05, 3.63) is 18.5 Å². The van der Waals surface area contributed by atoms with E-state index in [0.717, 1.165) is 6.42 Å². The molecule has 0 radical (unpaired) electrons. The molecule has 1 aliphatic carbocycles. The molecule has 1 aliphatic rings. The molecule has 1 heterocycles. The van der Waals surface area contributed by atoms with E-state index in [2.05, 4.69) is 29.1 Å². The highest BCUT2D eigenvalue weighted by Gasteiger charge is 2.47. The van der Waals surface area contributed by atoms with Gasteiger partial charge in [-0.15, -0.1) is 11.6 Å². The molecular weight excluding hydrogens is 198 g/mol. The Labute approximate surface area is 88.9 Å². The van der Waals surface area contributed by atoms with Crippen LogP contribution in [0.3, 0.4) is 0 Å². The summed E-state index contributed by atoms with van der Waals surface area (Å²) in [5.41, 5.74) is 0.126. The maximum atomic E-state index is 6.12. The van der Waals surface area contributed by atoms with Crippen molar-refractivity contribution in [1.29, 1.82) is 0 Å². The van der Waals surface area contributed by atoms with Crippen molar-refractivity contribution in [3.63, 3.8) is 0 Å². The molecule has 1 aromatic heterocycles. The summed E-state index contributed by atoms with van der Waals surface area (Å²) in [4.78, 5) is 8.25. The molecule has 0 bridgehead atoms. The van der Waals surface area contributed by atoms with Crippen molar-refractivity contribution in [2.24, 2.45) is 5.41 Å². The number of hydrogen-bond donors (Lipinski definition) is 1. The number of hydrogen-bond acceptors (Lipinski definition) is 3. The van der Waals surface area contributed by atoms with Crippen molar-refractivity contribution >= 4 is 17.5 Å². The fraction of sp³-hybridized carbons (Fsp3) is 0.600. The summed E-state index contributed by atoms with van der Waals surface area (Å²) in [5, 5.41) is 3.55. The normalized spacial score (nSPS) is 29.4. The summed E-state index contributed by atoms with van der Waals surface area (Å²) in [5.74, 6) is 0.689. The summed E-state index contributed by atoms with van der Waals surface area (Å²) < 4.78 is 0. The van der Waals surface area contributed by atoms with Gasteiger partial charge in [0, 0.05) is 29.2 Å². The summed E-state index contributed by atoms with van der Waals surface area (Å²) in [6.07, 6.45) is 4.45. The number of alkyl halides is 1. The minimum atomic E-state index is 0.126. The van der Waals surface area contributed by atoms with Crippen LogP contribution in [-0.4, -0.2) is 21.4 Å². The monoisotopic (exact) mass is 211 g/mol. The molecule has 1 saturated carbocycles. The number of nitrogens with zero attached hydrogens (tertiary/aromatic N) is 2. The molecule has 0 aliphatic heterocycles. The second kappa shape index (κ2) is 3.39. The van der Waals surface area contributed by atoms with E-state index in [1.807, 2.05) is 0 Å². The van der Waals surface area contributed by atoms with Gasteiger partial charge in [-0.1, -0.05) is 13.8 Å². The number of halogens is 1. The Hall–Kier alpha value is -0.830. The van der Waals surface area contributed by atoms with Gasteiger partial charge in [0.05, 0.1) is 0 Å². The summed E-state index contributed by atoms with van der Waals surface area (Å²) in [7, 11) is 0. The Bertz CT molecular complexity index is 312. The fourth-order valence-corrected chi connectivity index (χ4v) is 1.98. The van der Waals surface area contributed by atoms with Gasteiger partial charge in [-0.05, 0) is 12.5 Å². The molecule has 2 atom stereocenters. The lowest BCUT2D eigenvalue weighted by Gasteiger charge is -2.49. The molecule has 76 valence electrons. The van der Waals surface area contributed by atoms with Crippen LogP contribution >= 0.6 is 11.6 Å². The molecule has 3 nitrogen and oxygen atoms in total. The Morgan fingerprint density at radius 2 is 2.07 bits per heavy atom. The average Bonchev–Trinajstić information content (AvgIpc) is 2.19. The van der Waals surface area contributed by atoms with E-state index in [1.54, 1.807) is 18.5 Å². The standard InChI is InChI=1S/C10H14ClN3/c1-10(2)7(11)6-8(10)14-9-12-4-3-5-13-9/h3-5,7-8H,6H2,1-2H3,(H,12,13,14). The van der Waals surface area contributed by atoms with Crippen LogP contribution in [0.2, 0.25) is 0 Å². The average molecular weight is 212 g/mol. The third kappa shape index (κ3) is 1.57. The van der Waals surface area contributed by atoms with Gasteiger partial charge in [0.2, 0.25) is 5.95 Å². The fourth-order valence-electron chi connectivity index (χ4n) is 1.65. The van der Waals surface area contributed by atoms with Gasteiger partial charge in [-0.2, -0.15) is 0 Å². The van der Waals surface area contributed by atoms with Crippen LogP contribution in [-0.2, 0) is 0 Å². The van der Waals surface area contributed by atoms with E-state index < -0.39 is 0 Å². The van der Waals surface area contributed by atoms with Crippen LogP contribution in [0.15, 0.2) is 18.5 Å². The van der Waals surface area contributed by atoms with Gasteiger partial charge in [0.1, 0.15) is 0 Å². The van der Waals surface area contributed by atoms with Crippen molar-refractivity contribution in [2.45, 2.75) is 31.7 Å². The first-order valence-corrected chi connectivity index (χ1v) is 5.22. The van der Waals surface area contributed by atoms with Crippen LogP contribution < -0.4 is 5.32 Å². The van der Waals surface area contributed by atoms with E-state index in [9.17, 15) is 0 Å². The quantitative estimate of drug-likeness (QED) is 0.763. The Balaban J connectivity index is 2.01. The zero-order valence-corrected chi connectivity index (χ0v) is 9.12. The van der Waals surface area contributed by atoms with Gasteiger partial charge in [0.25, 0.3) is 0 Å². The SMILES string of the molecule is CC1(C)C(Cl)CC1Nc1ncccn1. The van der Waals surface area contributed by atoms with Crippen molar-refractivity contribution in [1.82, 2.24) is 9.97 Å². The van der Waals surface area contributed by atoms with E-state index >= 15 is 0 Å². The maximum absolute atomic E-state index is 6.12. The molecule has 0 aromatic carbocycles.